The largest absolute Gasteiger partial charge is 0.310 e. The van der Waals surface area contributed by atoms with Crippen LogP contribution in [-0.4, -0.2) is 32.7 Å². The van der Waals surface area contributed by atoms with Crippen LogP contribution in [0.2, 0.25) is 0 Å². The van der Waals surface area contributed by atoms with Gasteiger partial charge in [-0.15, -0.1) is 11.3 Å². The molecular weight excluding hydrogens is 234 g/mol. The highest BCUT2D eigenvalue weighted by Crippen LogP contribution is 2.10. The van der Waals surface area contributed by atoms with Crippen LogP contribution in [0, 0.1) is 6.92 Å². The SMILES string of the molecule is Cc1ncsc1CNCCNS(C)(=O)=O. The molecule has 1 rings (SSSR count). The van der Waals surface area contributed by atoms with Crippen molar-refractivity contribution >= 4 is 21.4 Å². The van der Waals surface area contributed by atoms with E-state index in [1.165, 1.54) is 4.88 Å². The number of sulfonamides is 1. The lowest BCUT2D eigenvalue weighted by molar-refractivity contribution is 0.582. The van der Waals surface area contributed by atoms with Crippen LogP contribution < -0.4 is 10.0 Å². The van der Waals surface area contributed by atoms with E-state index in [1.54, 1.807) is 16.8 Å². The average molecular weight is 249 g/mol. The van der Waals surface area contributed by atoms with Gasteiger partial charge in [-0.3, -0.25) is 0 Å². The van der Waals surface area contributed by atoms with Gasteiger partial charge in [-0.2, -0.15) is 0 Å². The van der Waals surface area contributed by atoms with Gasteiger partial charge in [0.25, 0.3) is 0 Å². The third-order valence-electron chi connectivity index (χ3n) is 1.80. The predicted octanol–water partition coefficient (Wildman–Crippen LogP) is 0.0903. The molecule has 0 fully saturated rings. The van der Waals surface area contributed by atoms with E-state index in [2.05, 4.69) is 15.0 Å². The van der Waals surface area contributed by atoms with E-state index in [4.69, 9.17) is 0 Å². The van der Waals surface area contributed by atoms with Gasteiger partial charge in [0, 0.05) is 24.5 Å². The van der Waals surface area contributed by atoms with E-state index < -0.39 is 10.0 Å². The number of aryl methyl sites for hydroxylation is 1. The van der Waals surface area contributed by atoms with Crippen molar-refractivity contribution in [2.75, 3.05) is 19.3 Å². The number of rotatable bonds is 6. The standard InChI is InChI=1S/C8H15N3O2S2/c1-7-8(14-6-10-7)5-9-3-4-11-15(2,12)13/h6,9,11H,3-5H2,1-2H3. The molecule has 0 bridgehead atoms. The first-order chi connectivity index (χ1) is 6.99. The lowest BCUT2D eigenvalue weighted by atomic mass is 10.4. The van der Waals surface area contributed by atoms with Crippen molar-refractivity contribution < 1.29 is 8.42 Å². The van der Waals surface area contributed by atoms with Crippen LogP contribution in [0.3, 0.4) is 0 Å². The van der Waals surface area contributed by atoms with Crippen molar-refractivity contribution in [2.45, 2.75) is 13.5 Å². The molecule has 0 aliphatic heterocycles. The Morgan fingerprint density at radius 1 is 1.47 bits per heavy atom. The molecule has 0 atom stereocenters. The second-order valence-corrected chi connectivity index (χ2v) is 5.98. The summed E-state index contributed by atoms with van der Waals surface area (Å²) in [5.74, 6) is 0. The van der Waals surface area contributed by atoms with E-state index in [1.807, 2.05) is 6.92 Å². The van der Waals surface area contributed by atoms with Crippen molar-refractivity contribution in [1.29, 1.82) is 0 Å². The molecule has 0 saturated carbocycles. The fourth-order valence-corrected chi connectivity index (χ4v) is 2.24. The normalized spacial score (nSPS) is 11.9. The number of nitrogens with one attached hydrogen (secondary N) is 2. The number of thiazole rings is 1. The number of nitrogens with zero attached hydrogens (tertiary/aromatic N) is 1. The molecule has 0 aliphatic carbocycles. The lowest BCUT2D eigenvalue weighted by Gasteiger charge is -2.04. The third-order valence-corrected chi connectivity index (χ3v) is 3.46. The Bertz CT molecular complexity index is 400. The summed E-state index contributed by atoms with van der Waals surface area (Å²) in [6.45, 7) is 3.73. The summed E-state index contributed by atoms with van der Waals surface area (Å²) in [5, 5.41) is 3.14. The van der Waals surface area contributed by atoms with Gasteiger partial charge in [0.1, 0.15) is 0 Å². The van der Waals surface area contributed by atoms with Crippen LogP contribution >= 0.6 is 11.3 Å². The average Bonchev–Trinajstić information content (AvgIpc) is 2.49. The van der Waals surface area contributed by atoms with Crippen LogP contribution in [0.1, 0.15) is 10.6 Å². The van der Waals surface area contributed by atoms with E-state index >= 15 is 0 Å². The zero-order valence-corrected chi connectivity index (χ0v) is 10.4. The summed E-state index contributed by atoms with van der Waals surface area (Å²) in [4.78, 5) is 5.31. The van der Waals surface area contributed by atoms with Gasteiger partial charge < -0.3 is 5.32 Å². The minimum atomic E-state index is -3.07. The van der Waals surface area contributed by atoms with Crippen LogP contribution in [0.5, 0.6) is 0 Å². The Morgan fingerprint density at radius 3 is 2.73 bits per heavy atom. The fourth-order valence-electron chi connectivity index (χ4n) is 1.02. The Morgan fingerprint density at radius 2 is 2.20 bits per heavy atom. The summed E-state index contributed by atoms with van der Waals surface area (Å²) >= 11 is 1.60. The molecule has 2 N–H and O–H groups in total. The predicted molar refractivity (Wildman–Crippen MR) is 61.4 cm³/mol. The van der Waals surface area contributed by atoms with E-state index in [0.717, 1.165) is 18.5 Å². The van der Waals surface area contributed by atoms with Crippen molar-refractivity contribution in [3.8, 4) is 0 Å². The Hall–Kier alpha value is -0.500. The summed E-state index contributed by atoms with van der Waals surface area (Å²) in [6, 6.07) is 0. The van der Waals surface area contributed by atoms with Gasteiger partial charge in [0.05, 0.1) is 17.5 Å². The maximum Gasteiger partial charge on any atom is 0.208 e. The van der Waals surface area contributed by atoms with Crippen LogP contribution in [0.4, 0.5) is 0 Å². The second kappa shape index (κ2) is 5.55. The quantitative estimate of drug-likeness (QED) is 0.701. The number of hydrogen-bond donors (Lipinski definition) is 2. The third kappa shape index (κ3) is 5.22. The molecule has 7 heteroatoms. The second-order valence-electron chi connectivity index (χ2n) is 3.20. The fraction of sp³-hybridized carbons (Fsp3) is 0.625. The first-order valence-corrected chi connectivity index (χ1v) is 7.30. The maximum absolute atomic E-state index is 10.7. The van der Waals surface area contributed by atoms with Gasteiger partial charge in [0.15, 0.2) is 0 Å². The van der Waals surface area contributed by atoms with E-state index in [9.17, 15) is 8.42 Å². The highest BCUT2D eigenvalue weighted by molar-refractivity contribution is 7.88. The first kappa shape index (κ1) is 12.6. The molecule has 0 aromatic carbocycles. The zero-order chi connectivity index (χ0) is 11.3. The molecule has 5 nitrogen and oxygen atoms in total. The van der Waals surface area contributed by atoms with Gasteiger partial charge >= 0.3 is 0 Å². The molecule has 0 aliphatic rings. The van der Waals surface area contributed by atoms with Gasteiger partial charge in [0.2, 0.25) is 10.0 Å². The van der Waals surface area contributed by atoms with E-state index in [-0.39, 0.29) is 0 Å². The summed E-state index contributed by atoms with van der Waals surface area (Å²) in [5.41, 5.74) is 2.84. The molecule has 0 radical (unpaired) electrons. The summed E-state index contributed by atoms with van der Waals surface area (Å²) in [6.07, 6.45) is 1.15. The van der Waals surface area contributed by atoms with Crippen molar-refractivity contribution in [1.82, 2.24) is 15.0 Å². The highest BCUT2D eigenvalue weighted by atomic mass is 32.2. The molecule has 0 spiro atoms. The molecule has 15 heavy (non-hydrogen) atoms. The van der Waals surface area contributed by atoms with E-state index in [0.29, 0.717) is 13.1 Å². The minimum absolute atomic E-state index is 0.413. The maximum atomic E-state index is 10.7. The topological polar surface area (TPSA) is 71.1 Å². The smallest absolute Gasteiger partial charge is 0.208 e. The van der Waals surface area contributed by atoms with Gasteiger partial charge in [-0.1, -0.05) is 0 Å². The Labute approximate surface area is 94.0 Å². The molecule has 1 aromatic heterocycles. The monoisotopic (exact) mass is 249 g/mol. The zero-order valence-electron chi connectivity index (χ0n) is 8.78. The minimum Gasteiger partial charge on any atom is -0.310 e. The summed E-state index contributed by atoms with van der Waals surface area (Å²) < 4.78 is 23.9. The van der Waals surface area contributed by atoms with Crippen molar-refractivity contribution in [3.63, 3.8) is 0 Å². The van der Waals surface area contributed by atoms with Gasteiger partial charge in [-0.05, 0) is 6.92 Å². The molecule has 0 saturated heterocycles. The molecular formula is C8H15N3O2S2. The molecule has 86 valence electrons. The lowest BCUT2D eigenvalue weighted by Crippen LogP contribution is -2.30. The van der Waals surface area contributed by atoms with Crippen LogP contribution in [-0.2, 0) is 16.6 Å². The summed E-state index contributed by atoms with van der Waals surface area (Å²) in [7, 11) is -3.07. The molecule has 0 unspecified atom stereocenters. The molecule has 1 aromatic rings. The number of hydrogen-bond acceptors (Lipinski definition) is 5. The number of aromatic nitrogens is 1. The van der Waals surface area contributed by atoms with Crippen molar-refractivity contribution in [2.24, 2.45) is 0 Å². The van der Waals surface area contributed by atoms with Crippen molar-refractivity contribution in [3.05, 3.63) is 16.1 Å². The Balaban J connectivity index is 2.15. The first-order valence-electron chi connectivity index (χ1n) is 4.53. The Kier molecular flexibility index (Phi) is 4.65. The highest BCUT2D eigenvalue weighted by Gasteiger charge is 2.01. The van der Waals surface area contributed by atoms with Crippen LogP contribution in [0.15, 0.2) is 5.51 Å². The van der Waals surface area contributed by atoms with Gasteiger partial charge in [-0.25, -0.2) is 18.1 Å². The van der Waals surface area contributed by atoms with Crippen LogP contribution in [0.25, 0.3) is 0 Å². The molecule has 0 amide bonds. The molecule has 1 heterocycles.